The van der Waals surface area contributed by atoms with Gasteiger partial charge in [-0.25, -0.2) is 0 Å². The summed E-state index contributed by atoms with van der Waals surface area (Å²) in [7, 11) is 0. The lowest BCUT2D eigenvalue weighted by molar-refractivity contribution is 0.0191. The maximum Gasteiger partial charge on any atom is 0.160 e. The highest BCUT2D eigenvalue weighted by Gasteiger charge is 2.21. The number of aliphatic hydroxyl groups excluding tert-OH is 2. The molecule has 1 rings (SSSR count). The van der Waals surface area contributed by atoms with E-state index in [1.54, 1.807) is 6.07 Å². The molecule has 2 N–H and O–H groups in total. The van der Waals surface area contributed by atoms with Crippen molar-refractivity contribution in [1.82, 2.24) is 0 Å². The molecule has 1 aromatic heterocycles. The summed E-state index contributed by atoms with van der Waals surface area (Å²) >= 11 is 5.21. The lowest BCUT2D eigenvalue weighted by atomic mass is 10.1. The predicted molar refractivity (Wildman–Crippen MR) is 63.9 cm³/mol. The van der Waals surface area contributed by atoms with Crippen molar-refractivity contribution < 1.29 is 15.0 Å². The van der Waals surface area contributed by atoms with Gasteiger partial charge in [0, 0.05) is 4.88 Å². The average molecular weight is 246 g/mol. The SMILES string of the molecule is Cc1cc(C=O)sc1C(O)C(O)CCS. The molecular weight excluding hydrogens is 232 g/mol. The summed E-state index contributed by atoms with van der Waals surface area (Å²) in [6, 6.07) is 1.71. The lowest BCUT2D eigenvalue weighted by Gasteiger charge is -2.16. The zero-order chi connectivity index (χ0) is 11.4. The smallest absolute Gasteiger partial charge is 0.160 e. The molecule has 0 radical (unpaired) electrons. The van der Waals surface area contributed by atoms with Crippen LogP contribution >= 0.6 is 24.0 Å². The van der Waals surface area contributed by atoms with Gasteiger partial charge in [-0.15, -0.1) is 11.3 Å². The van der Waals surface area contributed by atoms with E-state index in [2.05, 4.69) is 12.6 Å². The summed E-state index contributed by atoms with van der Waals surface area (Å²) in [5.74, 6) is 0.517. The van der Waals surface area contributed by atoms with Crippen molar-refractivity contribution in [2.45, 2.75) is 25.6 Å². The van der Waals surface area contributed by atoms with Crippen molar-refractivity contribution in [3.63, 3.8) is 0 Å². The predicted octanol–water partition coefficient (Wildman–Crippen LogP) is 1.58. The van der Waals surface area contributed by atoms with Crippen molar-refractivity contribution in [2.24, 2.45) is 0 Å². The number of aldehydes is 1. The standard InChI is InChI=1S/C10H14O3S2/c1-6-4-7(5-11)15-10(6)9(13)8(12)2-3-14/h4-5,8-9,12-14H,2-3H2,1H3. The molecule has 0 aliphatic rings. The number of carbonyl (C=O) groups is 1. The van der Waals surface area contributed by atoms with E-state index in [0.717, 1.165) is 11.8 Å². The van der Waals surface area contributed by atoms with Gasteiger partial charge >= 0.3 is 0 Å². The second-order valence-electron chi connectivity index (χ2n) is 3.34. The molecule has 0 saturated carbocycles. The minimum Gasteiger partial charge on any atom is -0.390 e. The largest absolute Gasteiger partial charge is 0.390 e. The fourth-order valence-corrected chi connectivity index (χ4v) is 2.64. The first-order valence-electron chi connectivity index (χ1n) is 4.62. The molecule has 2 unspecified atom stereocenters. The third-order valence-corrected chi connectivity index (χ3v) is 3.64. The Labute approximate surface area is 98.2 Å². The van der Waals surface area contributed by atoms with Crippen LogP contribution in [0.1, 0.15) is 32.6 Å². The van der Waals surface area contributed by atoms with Gasteiger partial charge in [-0.2, -0.15) is 12.6 Å². The van der Waals surface area contributed by atoms with E-state index in [4.69, 9.17) is 0 Å². The van der Waals surface area contributed by atoms with Crippen LogP contribution in [0.25, 0.3) is 0 Å². The van der Waals surface area contributed by atoms with Crippen molar-refractivity contribution in [3.05, 3.63) is 21.4 Å². The third-order valence-electron chi connectivity index (χ3n) is 2.15. The van der Waals surface area contributed by atoms with Crippen LogP contribution in [-0.2, 0) is 0 Å². The topological polar surface area (TPSA) is 57.5 Å². The quantitative estimate of drug-likeness (QED) is 0.546. The van der Waals surface area contributed by atoms with E-state index in [1.165, 1.54) is 11.3 Å². The number of thiol groups is 1. The molecular formula is C10H14O3S2. The van der Waals surface area contributed by atoms with Gasteiger partial charge in [-0.05, 0) is 30.7 Å². The van der Waals surface area contributed by atoms with Gasteiger partial charge in [0.25, 0.3) is 0 Å². The normalized spacial score (nSPS) is 14.9. The Morgan fingerprint density at radius 3 is 2.73 bits per heavy atom. The molecule has 0 bridgehead atoms. The van der Waals surface area contributed by atoms with Crippen LogP contribution in [0.2, 0.25) is 0 Å². The molecule has 0 amide bonds. The molecule has 2 atom stereocenters. The molecule has 1 aromatic rings. The van der Waals surface area contributed by atoms with E-state index < -0.39 is 12.2 Å². The summed E-state index contributed by atoms with van der Waals surface area (Å²) in [4.78, 5) is 11.8. The van der Waals surface area contributed by atoms with Gasteiger partial charge < -0.3 is 10.2 Å². The third kappa shape index (κ3) is 3.04. The Kier molecular flexibility index (Phi) is 4.79. The van der Waals surface area contributed by atoms with Crippen LogP contribution in [0.3, 0.4) is 0 Å². The Morgan fingerprint density at radius 2 is 2.27 bits per heavy atom. The molecule has 0 spiro atoms. The van der Waals surface area contributed by atoms with E-state index in [0.29, 0.717) is 21.9 Å². The molecule has 5 heteroatoms. The number of thiophene rings is 1. The van der Waals surface area contributed by atoms with Crippen molar-refractivity contribution in [2.75, 3.05) is 5.75 Å². The van der Waals surface area contributed by atoms with Gasteiger partial charge in [-0.1, -0.05) is 0 Å². The summed E-state index contributed by atoms with van der Waals surface area (Å²) in [6.45, 7) is 1.81. The first kappa shape index (κ1) is 12.7. The van der Waals surface area contributed by atoms with Crippen LogP contribution in [-0.4, -0.2) is 28.4 Å². The average Bonchev–Trinajstić information content (AvgIpc) is 2.59. The molecule has 0 aliphatic carbocycles. The van der Waals surface area contributed by atoms with Crippen molar-refractivity contribution in [1.29, 1.82) is 0 Å². The van der Waals surface area contributed by atoms with Crippen molar-refractivity contribution in [3.8, 4) is 0 Å². The monoisotopic (exact) mass is 246 g/mol. The number of aliphatic hydroxyl groups is 2. The molecule has 0 aromatic carbocycles. The van der Waals surface area contributed by atoms with Crippen LogP contribution in [0.4, 0.5) is 0 Å². The van der Waals surface area contributed by atoms with Crippen LogP contribution in [0.5, 0.6) is 0 Å². The number of hydrogen-bond donors (Lipinski definition) is 3. The highest BCUT2D eigenvalue weighted by Crippen LogP contribution is 2.30. The second kappa shape index (κ2) is 5.65. The summed E-state index contributed by atoms with van der Waals surface area (Å²) < 4.78 is 0. The number of hydrogen-bond acceptors (Lipinski definition) is 5. The first-order valence-corrected chi connectivity index (χ1v) is 6.07. The fourth-order valence-electron chi connectivity index (χ4n) is 1.34. The van der Waals surface area contributed by atoms with Gasteiger partial charge in [0.2, 0.25) is 0 Å². The fraction of sp³-hybridized carbons (Fsp3) is 0.500. The van der Waals surface area contributed by atoms with Gasteiger partial charge in [0.1, 0.15) is 6.10 Å². The highest BCUT2D eigenvalue weighted by atomic mass is 32.1. The Balaban J connectivity index is 2.84. The van der Waals surface area contributed by atoms with Gasteiger partial charge in [0.05, 0.1) is 11.0 Å². The lowest BCUT2D eigenvalue weighted by Crippen LogP contribution is -2.18. The molecule has 0 fully saturated rings. The van der Waals surface area contributed by atoms with E-state index in [1.807, 2.05) is 6.92 Å². The maximum atomic E-state index is 10.5. The van der Waals surface area contributed by atoms with Crippen LogP contribution in [0.15, 0.2) is 6.07 Å². The maximum absolute atomic E-state index is 10.5. The molecule has 1 heterocycles. The Hall–Kier alpha value is -0.360. The Morgan fingerprint density at radius 1 is 1.60 bits per heavy atom. The molecule has 84 valence electrons. The van der Waals surface area contributed by atoms with Crippen LogP contribution < -0.4 is 0 Å². The number of aryl methyl sites for hydroxylation is 1. The molecule has 0 aliphatic heterocycles. The first-order chi connectivity index (χ1) is 7.10. The van der Waals surface area contributed by atoms with E-state index in [9.17, 15) is 15.0 Å². The van der Waals surface area contributed by atoms with Gasteiger partial charge in [-0.3, -0.25) is 4.79 Å². The molecule has 3 nitrogen and oxygen atoms in total. The zero-order valence-corrected chi connectivity index (χ0v) is 10.1. The minimum absolute atomic E-state index is 0.429. The van der Waals surface area contributed by atoms with Gasteiger partial charge in [0.15, 0.2) is 6.29 Å². The number of carbonyl (C=O) groups excluding carboxylic acids is 1. The van der Waals surface area contributed by atoms with Crippen LogP contribution in [0, 0.1) is 6.92 Å². The van der Waals surface area contributed by atoms with Crippen molar-refractivity contribution >= 4 is 30.3 Å². The highest BCUT2D eigenvalue weighted by molar-refractivity contribution is 7.80. The Bertz CT molecular complexity index is 335. The zero-order valence-electron chi connectivity index (χ0n) is 8.38. The molecule has 0 saturated heterocycles. The van der Waals surface area contributed by atoms with E-state index in [-0.39, 0.29) is 0 Å². The second-order valence-corrected chi connectivity index (χ2v) is 4.90. The minimum atomic E-state index is -0.921. The summed E-state index contributed by atoms with van der Waals surface area (Å²) in [5, 5.41) is 19.4. The van der Waals surface area contributed by atoms with E-state index >= 15 is 0 Å². The molecule has 15 heavy (non-hydrogen) atoms. The summed E-state index contributed by atoms with van der Waals surface area (Å²) in [5.41, 5.74) is 0.841. The summed E-state index contributed by atoms with van der Waals surface area (Å²) in [6.07, 6.45) is -0.563. The number of rotatable bonds is 5.